The molecule has 0 fully saturated rings. The van der Waals surface area contributed by atoms with Crippen molar-refractivity contribution >= 4 is 6.72 Å². The van der Waals surface area contributed by atoms with Gasteiger partial charge in [-0.15, -0.1) is 6.58 Å². The number of aliphatic hydroxyl groups is 1. The lowest BCUT2D eigenvalue weighted by atomic mass is 9.79. The van der Waals surface area contributed by atoms with Crippen LogP contribution >= 0.6 is 0 Å². The number of hydrogen-bond acceptors (Lipinski definition) is 2. The molecule has 2 heteroatoms. The first kappa shape index (κ1) is 11.8. The fraction of sp³-hybridized carbons (Fsp3) is 0.462. The molecule has 0 aromatic heterocycles. The topological polar surface area (TPSA) is 32.6 Å². The first-order chi connectivity index (χ1) is 7.10. The predicted molar refractivity (Wildman–Crippen MR) is 65.0 cm³/mol. The third-order valence-corrected chi connectivity index (χ3v) is 3.22. The molecule has 2 atom stereocenters. The van der Waals surface area contributed by atoms with Gasteiger partial charge in [0.15, 0.2) is 0 Å². The summed E-state index contributed by atoms with van der Waals surface area (Å²) >= 11 is 0. The number of nitrogens with zero attached hydrogens (tertiary/aromatic N) is 1. The van der Waals surface area contributed by atoms with Gasteiger partial charge < -0.3 is 5.11 Å². The molecule has 1 rings (SSSR count). The SMILES string of the molecule is C=CC(C)C1CCC(N=C)=C(C(=C)O)C1. The summed E-state index contributed by atoms with van der Waals surface area (Å²) in [6.07, 6.45) is 4.76. The van der Waals surface area contributed by atoms with Gasteiger partial charge in [0.05, 0.1) is 0 Å². The molecule has 0 radical (unpaired) electrons. The maximum absolute atomic E-state index is 9.49. The molecule has 1 N–H and O–H groups in total. The normalized spacial score (nSPS) is 23.4. The third kappa shape index (κ3) is 2.58. The summed E-state index contributed by atoms with van der Waals surface area (Å²) in [7, 11) is 0. The van der Waals surface area contributed by atoms with E-state index in [0.29, 0.717) is 11.8 Å². The van der Waals surface area contributed by atoms with E-state index in [4.69, 9.17) is 0 Å². The molecule has 2 nitrogen and oxygen atoms in total. The average molecular weight is 205 g/mol. The Labute approximate surface area is 91.7 Å². The van der Waals surface area contributed by atoms with E-state index < -0.39 is 0 Å². The van der Waals surface area contributed by atoms with Crippen LogP contribution in [-0.2, 0) is 0 Å². The maximum Gasteiger partial charge on any atom is 0.113 e. The lowest BCUT2D eigenvalue weighted by Gasteiger charge is -2.28. The molecule has 0 aromatic carbocycles. The second-order valence-electron chi connectivity index (χ2n) is 4.13. The summed E-state index contributed by atoms with van der Waals surface area (Å²) in [6.45, 7) is 13.1. The van der Waals surface area contributed by atoms with E-state index in [1.165, 1.54) is 0 Å². The van der Waals surface area contributed by atoms with Crippen LogP contribution in [0.3, 0.4) is 0 Å². The molecule has 2 unspecified atom stereocenters. The average Bonchev–Trinajstić information content (AvgIpc) is 2.27. The summed E-state index contributed by atoms with van der Waals surface area (Å²) in [4.78, 5) is 3.95. The van der Waals surface area contributed by atoms with Crippen LogP contribution < -0.4 is 0 Å². The molecule has 0 amide bonds. The van der Waals surface area contributed by atoms with Crippen LogP contribution in [-0.4, -0.2) is 11.8 Å². The van der Waals surface area contributed by atoms with Crippen molar-refractivity contribution in [3.63, 3.8) is 0 Å². The Morgan fingerprint density at radius 2 is 2.33 bits per heavy atom. The lowest BCUT2D eigenvalue weighted by molar-refractivity contribution is 0.346. The van der Waals surface area contributed by atoms with Crippen LogP contribution in [0.5, 0.6) is 0 Å². The van der Waals surface area contributed by atoms with Crippen molar-refractivity contribution < 1.29 is 5.11 Å². The van der Waals surface area contributed by atoms with Gasteiger partial charge in [-0.05, 0) is 37.8 Å². The zero-order valence-electron chi connectivity index (χ0n) is 9.37. The molecular formula is C13H19NO. The van der Waals surface area contributed by atoms with E-state index in [0.717, 1.165) is 30.5 Å². The Morgan fingerprint density at radius 3 is 2.80 bits per heavy atom. The van der Waals surface area contributed by atoms with E-state index in [9.17, 15) is 5.11 Å². The standard InChI is InChI=1S/C13H19NO/c1-5-9(2)11-6-7-13(14-4)12(8-11)10(3)15/h5,9,11,15H,1,3-4,6-8H2,2H3. The molecule has 1 aliphatic rings. The fourth-order valence-corrected chi connectivity index (χ4v) is 2.06. The molecule has 0 bridgehead atoms. The highest BCUT2D eigenvalue weighted by atomic mass is 16.3. The fourth-order valence-electron chi connectivity index (χ4n) is 2.06. The number of hydrogen-bond donors (Lipinski definition) is 1. The van der Waals surface area contributed by atoms with E-state index in [1.54, 1.807) is 0 Å². The van der Waals surface area contributed by atoms with Crippen LogP contribution in [0.2, 0.25) is 0 Å². The Morgan fingerprint density at radius 1 is 1.67 bits per heavy atom. The molecule has 0 aromatic rings. The Kier molecular flexibility index (Phi) is 3.89. The van der Waals surface area contributed by atoms with Crippen LogP contribution in [0.4, 0.5) is 0 Å². The number of rotatable bonds is 4. The van der Waals surface area contributed by atoms with Gasteiger partial charge in [-0.3, -0.25) is 4.99 Å². The minimum atomic E-state index is 0.137. The summed E-state index contributed by atoms with van der Waals surface area (Å²) in [6, 6.07) is 0. The maximum atomic E-state index is 9.49. The van der Waals surface area contributed by atoms with E-state index in [-0.39, 0.29) is 5.76 Å². The molecule has 0 aliphatic heterocycles. The molecule has 82 valence electrons. The van der Waals surface area contributed by atoms with Crippen molar-refractivity contribution in [3.8, 4) is 0 Å². The van der Waals surface area contributed by atoms with Gasteiger partial charge in [-0.25, -0.2) is 0 Å². The molecular weight excluding hydrogens is 186 g/mol. The number of allylic oxidation sites excluding steroid dienone is 3. The zero-order chi connectivity index (χ0) is 11.4. The summed E-state index contributed by atoms with van der Waals surface area (Å²) < 4.78 is 0. The van der Waals surface area contributed by atoms with Gasteiger partial charge in [-0.1, -0.05) is 19.6 Å². The lowest BCUT2D eigenvalue weighted by Crippen LogP contribution is -2.16. The first-order valence-corrected chi connectivity index (χ1v) is 5.29. The molecule has 0 spiro atoms. The van der Waals surface area contributed by atoms with Gasteiger partial charge in [-0.2, -0.15) is 0 Å². The number of aliphatic hydroxyl groups excluding tert-OH is 1. The van der Waals surface area contributed by atoms with Crippen molar-refractivity contribution in [2.24, 2.45) is 16.8 Å². The van der Waals surface area contributed by atoms with E-state index in [1.807, 2.05) is 6.08 Å². The van der Waals surface area contributed by atoms with E-state index >= 15 is 0 Å². The summed E-state index contributed by atoms with van der Waals surface area (Å²) in [5.74, 6) is 1.14. The highest BCUT2D eigenvalue weighted by Crippen LogP contribution is 2.36. The van der Waals surface area contributed by atoms with Gasteiger partial charge in [0.25, 0.3) is 0 Å². The van der Waals surface area contributed by atoms with Crippen LogP contribution in [0.25, 0.3) is 0 Å². The molecule has 0 heterocycles. The van der Waals surface area contributed by atoms with Crippen molar-refractivity contribution in [3.05, 3.63) is 36.3 Å². The van der Waals surface area contributed by atoms with Gasteiger partial charge in [0.1, 0.15) is 5.76 Å². The minimum absolute atomic E-state index is 0.137. The Balaban J connectivity index is 2.87. The van der Waals surface area contributed by atoms with Gasteiger partial charge in [0.2, 0.25) is 0 Å². The van der Waals surface area contributed by atoms with E-state index in [2.05, 4.69) is 31.8 Å². The van der Waals surface area contributed by atoms with Crippen molar-refractivity contribution in [1.29, 1.82) is 0 Å². The van der Waals surface area contributed by atoms with Crippen LogP contribution in [0, 0.1) is 11.8 Å². The van der Waals surface area contributed by atoms with Crippen LogP contribution in [0.15, 0.2) is 41.3 Å². The second-order valence-corrected chi connectivity index (χ2v) is 4.13. The Bertz CT molecular complexity index is 314. The molecule has 15 heavy (non-hydrogen) atoms. The highest BCUT2D eigenvalue weighted by Gasteiger charge is 2.24. The third-order valence-electron chi connectivity index (χ3n) is 3.22. The summed E-state index contributed by atoms with van der Waals surface area (Å²) in [5, 5.41) is 9.49. The van der Waals surface area contributed by atoms with Crippen LogP contribution in [0.1, 0.15) is 26.2 Å². The van der Waals surface area contributed by atoms with Crippen molar-refractivity contribution in [1.82, 2.24) is 0 Å². The smallest absolute Gasteiger partial charge is 0.113 e. The summed E-state index contributed by atoms with van der Waals surface area (Å²) in [5.41, 5.74) is 1.77. The van der Waals surface area contributed by atoms with Crippen molar-refractivity contribution in [2.45, 2.75) is 26.2 Å². The number of aliphatic imine (C=N–C) groups is 1. The predicted octanol–water partition coefficient (Wildman–Crippen LogP) is 3.64. The minimum Gasteiger partial charge on any atom is -0.508 e. The van der Waals surface area contributed by atoms with Gasteiger partial charge >= 0.3 is 0 Å². The molecule has 0 saturated carbocycles. The van der Waals surface area contributed by atoms with Gasteiger partial charge in [0, 0.05) is 11.3 Å². The van der Waals surface area contributed by atoms with Crippen molar-refractivity contribution in [2.75, 3.05) is 0 Å². The largest absolute Gasteiger partial charge is 0.508 e. The Hall–Kier alpha value is -1.31. The first-order valence-electron chi connectivity index (χ1n) is 5.29. The molecule has 0 saturated heterocycles. The highest BCUT2D eigenvalue weighted by molar-refractivity contribution is 5.37. The monoisotopic (exact) mass is 205 g/mol. The quantitative estimate of drug-likeness (QED) is 0.424. The second kappa shape index (κ2) is 4.96. The zero-order valence-corrected chi connectivity index (χ0v) is 9.37. The molecule has 1 aliphatic carbocycles.